The standard InChI is InChI=1S/C13H16O4/c1-8(2)10-7-9(3-4-12(10)15)11(14)5-6-13(16)17/h3-4,7-8,15H,5-6H2,1-2H3,(H,16,17). The molecule has 1 aromatic carbocycles. The zero-order chi connectivity index (χ0) is 13.0. The molecule has 4 heteroatoms. The normalized spacial score (nSPS) is 10.5. The number of hydrogen-bond donors (Lipinski definition) is 2. The van der Waals surface area contributed by atoms with Crippen LogP contribution >= 0.6 is 0 Å². The van der Waals surface area contributed by atoms with Crippen molar-refractivity contribution in [2.24, 2.45) is 0 Å². The van der Waals surface area contributed by atoms with Gasteiger partial charge in [-0.3, -0.25) is 9.59 Å². The van der Waals surface area contributed by atoms with Crippen LogP contribution in [0, 0.1) is 0 Å². The minimum atomic E-state index is -0.985. The van der Waals surface area contributed by atoms with Gasteiger partial charge in [0.15, 0.2) is 5.78 Å². The predicted molar refractivity (Wildman–Crippen MR) is 63.4 cm³/mol. The van der Waals surface area contributed by atoms with Crippen LogP contribution in [0.5, 0.6) is 5.75 Å². The van der Waals surface area contributed by atoms with E-state index in [9.17, 15) is 14.7 Å². The smallest absolute Gasteiger partial charge is 0.303 e. The summed E-state index contributed by atoms with van der Waals surface area (Å²) >= 11 is 0. The molecule has 0 bridgehead atoms. The number of phenolic OH excluding ortho intramolecular Hbond substituents is 1. The van der Waals surface area contributed by atoms with Crippen molar-refractivity contribution in [3.05, 3.63) is 29.3 Å². The van der Waals surface area contributed by atoms with E-state index in [2.05, 4.69) is 0 Å². The summed E-state index contributed by atoms with van der Waals surface area (Å²) in [7, 11) is 0. The first-order valence-electron chi connectivity index (χ1n) is 5.49. The average Bonchev–Trinajstić information content (AvgIpc) is 2.26. The molecule has 1 rings (SSSR count). The zero-order valence-corrected chi connectivity index (χ0v) is 9.93. The molecule has 0 amide bonds. The van der Waals surface area contributed by atoms with Crippen LogP contribution in [0.1, 0.15) is 48.5 Å². The third kappa shape index (κ3) is 3.59. The summed E-state index contributed by atoms with van der Waals surface area (Å²) in [4.78, 5) is 22.1. The molecular formula is C13H16O4. The summed E-state index contributed by atoms with van der Waals surface area (Å²) in [6.07, 6.45) is -0.186. The molecule has 0 aliphatic rings. The maximum absolute atomic E-state index is 11.7. The minimum Gasteiger partial charge on any atom is -0.508 e. The van der Waals surface area contributed by atoms with Gasteiger partial charge in [-0.2, -0.15) is 0 Å². The van der Waals surface area contributed by atoms with Gasteiger partial charge in [0.2, 0.25) is 0 Å². The number of carboxylic acid groups (broad SMARTS) is 1. The monoisotopic (exact) mass is 236 g/mol. The Balaban J connectivity index is 2.88. The van der Waals surface area contributed by atoms with Crippen molar-refractivity contribution < 1.29 is 19.8 Å². The molecule has 4 nitrogen and oxygen atoms in total. The van der Waals surface area contributed by atoms with Crippen LogP contribution in [0.25, 0.3) is 0 Å². The van der Waals surface area contributed by atoms with Crippen LogP contribution in [0.3, 0.4) is 0 Å². The number of ketones is 1. The summed E-state index contributed by atoms with van der Waals surface area (Å²) in [6.45, 7) is 3.83. The van der Waals surface area contributed by atoms with E-state index in [1.165, 1.54) is 12.1 Å². The van der Waals surface area contributed by atoms with Gasteiger partial charge in [-0.1, -0.05) is 13.8 Å². The number of phenols is 1. The highest BCUT2D eigenvalue weighted by Crippen LogP contribution is 2.26. The fourth-order valence-corrected chi connectivity index (χ4v) is 1.56. The molecule has 0 unspecified atom stereocenters. The van der Waals surface area contributed by atoms with Gasteiger partial charge in [0.25, 0.3) is 0 Å². The number of rotatable bonds is 5. The van der Waals surface area contributed by atoms with Crippen molar-refractivity contribution in [1.82, 2.24) is 0 Å². The van der Waals surface area contributed by atoms with Gasteiger partial charge >= 0.3 is 5.97 Å². The molecular weight excluding hydrogens is 220 g/mol. The first kappa shape index (κ1) is 13.2. The molecule has 1 aromatic rings. The van der Waals surface area contributed by atoms with Crippen LogP contribution in [0.4, 0.5) is 0 Å². The number of carboxylic acids is 1. The first-order chi connectivity index (χ1) is 7.91. The molecule has 0 aliphatic carbocycles. The van der Waals surface area contributed by atoms with Gasteiger partial charge in [-0.05, 0) is 29.7 Å². The van der Waals surface area contributed by atoms with Gasteiger partial charge < -0.3 is 10.2 Å². The minimum absolute atomic E-state index is 0.0162. The number of Topliss-reactive ketones (excluding diaryl/α,β-unsaturated/α-hetero) is 1. The molecule has 0 aliphatic heterocycles. The lowest BCUT2D eigenvalue weighted by Crippen LogP contribution is -2.04. The van der Waals surface area contributed by atoms with Crippen LogP contribution < -0.4 is 0 Å². The topological polar surface area (TPSA) is 74.6 Å². The zero-order valence-electron chi connectivity index (χ0n) is 9.93. The molecule has 0 saturated heterocycles. The molecule has 0 atom stereocenters. The van der Waals surface area contributed by atoms with Crippen LogP contribution in [-0.2, 0) is 4.79 Å². The van der Waals surface area contributed by atoms with Crippen molar-refractivity contribution in [2.75, 3.05) is 0 Å². The molecule has 2 N–H and O–H groups in total. The lowest BCUT2D eigenvalue weighted by molar-refractivity contribution is -0.136. The molecule has 0 aromatic heterocycles. The predicted octanol–water partition coefficient (Wildman–Crippen LogP) is 2.56. The van der Waals surface area contributed by atoms with E-state index < -0.39 is 5.97 Å². The first-order valence-corrected chi connectivity index (χ1v) is 5.49. The lowest BCUT2D eigenvalue weighted by atomic mass is 9.97. The molecule has 92 valence electrons. The van der Waals surface area contributed by atoms with Crippen LogP contribution in [0.2, 0.25) is 0 Å². The number of carbonyl (C=O) groups excluding carboxylic acids is 1. The van der Waals surface area contributed by atoms with E-state index in [4.69, 9.17) is 5.11 Å². The second-order valence-corrected chi connectivity index (χ2v) is 4.25. The third-order valence-electron chi connectivity index (χ3n) is 2.54. The molecule has 0 spiro atoms. The van der Waals surface area contributed by atoms with Gasteiger partial charge in [0.05, 0.1) is 6.42 Å². The molecule has 17 heavy (non-hydrogen) atoms. The largest absolute Gasteiger partial charge is 0.508 e. The van der Waals surface area contributed by atoms with Crippen molar-refractivity contribution in [3.63, 3.8) is 0 Å². The van der Waals surface area contributed by atoms with E-state index >= 15 is 0 Å². The Kier molecular flexibility index (Phi) is 4.26. The second kappa shape index (κ2) is 5.48. The highest BCUT2D eigenvalue weighted by molar-refractivity contribution is 5.97. The van der Waals surface area contributed by atoms with Crippen molar-refractivity contribution >= 4 is 11.8 Å². The summed E-state index contributed by atoms with van der Waals surface area (Å²) in [5.41, 5.74) is 1.15. The average molecular weight is 236 g/mol. The summed E-state index contributed by atoms with van der Waals surface area (Å²) in [5, 5.41) is 18.1. The lowest BCUT2D eigenvalue weighted by Gasteiger charge is -2.09. The van der Waals surface area contributed by atoms with E-state index in [-0.39, 0.29) is 30.3 Å². The SMILES string of the molecule is CC(C)c1cc(C(=O)CCC(=O)O)ccc1O. The Morgan fingerprint density at radius 3 is 2.41 bits per heavy atom. The summed E-state index contributed by atoms with van der Waals surface area (Å²) in [5.74, 6) is -0.924. The number of hydrogen-bond acceptors (Lipinski definition) is 3. The number of carbonyl (C=O) groups is 2. The number of aliphatic carboxylic acids is 1. The third-order valence-corrected chi connectivity index (χ3v) is 2.54. The summed E-state index contributed by atoms with van der Waals surface area (Å²) in [6, 6.07) is 4.62. The maximum atomic E-state index is 11.7. The number of benzene rings is 1. The van der Waals surface area contributed by atoms with Gasteiger partial charge in [0.1, 0.15) is 5.75 Å². The Morgan fingerprint density at radius 2 is 1.88 bits per heavy atom. The van der Waals surface area contributed by atoms with Crippen molar-refractivity contribution in [3.8, 4) is 5.75 Å². The molecule has 0 saturated carbocycles. The maximum Gasteiger partial charge on any atom is 0.303 e. The highest BCUT2D eigenvalue weighted by Gasteiger charge is 2.12. The second-order valence-electron chi connectivity index (χ2n) is 4.25. The van der Waals surface area contributed by atoms with Crippen LogP contribution in [0.15, 0.2) is 18.2 Å². The number of aromatic hydroxyl groups is 1. The fourth-order valence-electron chi connectivity index (χ4n) is 1.56. The highest BCUT2D eigenvalue weighted by atomic mass is 16.4. The Bertz CT molecular complexity index is 435. The Hall–Kier alpha value is -1.84. The quantitative estimate of drug-likeness (QED) is 0.770. The van der Waals surface area contributed by atoms with E-state index in [0.29, 0.717) is 11.1 Å². The Labute approximate surface area is 99.9 Å². The molecule has 0 heterocycles. The van der Waals surface area contributed by atoms with Crippen LogP contribution in [-0.4, -0.2) is 22.0 Å². The Morgan fingerprint density at radius 1 is 1.24 bits per heavy atom. The fraction of sp³-hybridized carbons (Fsp3) is 0.385. The van der Waals surface area contributed by atoms with E-state index in [1.54, 1.807) is 6.07 Å². The van der Waals surface area contributed by atoms with E-state index in [0.717, 1.165) is 0 Å². The van der Waals surface area contributed by atoms with E-state index in [1.807, 2.05) is 13.8 Å². The van der Waals surface area contributed by atoms with Gasteiger partial charge in [0, 0.05) is 12.0 Å². The summed E-state index contributed by atoms with van der Waals surface area (Å²) < 4.78 is 0. The molecule has 0 fully saturated rings. The molecule has 0 radical (unpaired) electrons. The van der Waals surface area contributed by atoms with Gasteiger partial charge in [-0.15, -0.1) is 0 Å². The van der Waals surface area contributed by atoms with Crippen molar-refractivity contribution in [1.29, 1.82) is 0 Å². The van der Waals surface area contributed by atoms with Gasteiger partial charge in [-0.25, -0.2) is 0 Å². The van der Waals surface area contributed by atoms with Crippen molar-refractivity contribution in [2.45, 2.75) is 32.6 Å².